The Morgan fingerprint density at radius 2 is 2.22 bits per heavy atom. The van der Waals surface area contributed by atoms with Crippen LogP contribution in [0.4, 0.5) is 0 Å². The molecule has 0 aliphatic carbocycles. The monoisotopic (exact) mass is 383 g/mol. The Bertz CT molecular complexity index is 757. The minimum absolute atomic E-state index is 0.0393. The summed E-state index contributed by atoms with van der Waals surface area (Å²) < 4.78 is 54.7. The molecule has 0 bridgehead atoms. The van der Waals surface area contributed by atoms with E-state index in [1.54, 1.807) is 0 Å². The summed E-state index contributed by atoms with van der Waals surface area (Å²) in [5.41, 5.74) is 0.473. The standard InChI is InChI=1S/C12H21N3O5S3/c1-3-4-14-10-8-15(5-6-20-2)23(18,19)12-9(10)7-11(21-12)22(13,16)17/h7,10,14H,3-6,8H2,1-2H3,(H2,13,16,17)/t10-/m0/s1. The van der Waals surface area contributed by atoms with Crippen molar-refractivity contribution >= 4 is 31.4 Å². The van der Waals surface area contributed by atoms with E-state index in [2.05, 4.69) is 5.32 Å². The van der Waals surface area contributed by atoms with Crippen molar-refractivity contribution in [1.29, 1.82) is 0 Å². The fourth-order valence-corrected chi connectivity index (χ4v) is 6.62. The van der Waals surface area contributed by atoms with Gasteiger partial charge in [-0.05, 0) is 19.0 Å². The first-order valence-electron chi connectivity index (χ1n) is 7.10. The van der Waals surface area contributed by atoms with Crippen molar-refractivity contribution in [2.75, 3.05) is 33.4 Å². The number of ether oxygens (including phenoxy) is 1. The van der Waals surface area contributed by atoms with Crippen LogP contribution in [0.2, 0.25) is 0 Å². The predicted molar refractivity (Wildman–Crippen MR) is 87.4 cm³/mol. The van der Waals surface area contributed by atoms with E-state index < -0.39 is 20.0 Å². The summed E-state index contributed by atoms with van der Waals surface area (Å²) in [5.74, 6) is 0. The van der Waals surface area contributed by atoms with Crippen LogP contribution >= 0.6 is 11.3 Å². The summed E-state index contributed by atoms with van der Waals surface area (Å²) in [6, 6.07) is 1.10. The highest BCUT2D eigenvalue weighted by molar-refractivity contribution is 7.94. The smallest absolute Gasteiger partial charge is 0.253 e. The number of sulfonamides is 2. The maximum atomic E-state index is 12.7. The van der Waals surface area contributed by atoms with Gasteiger partial charge >= 0.3 is 0 Å². The molecule has 0 radical (unpaired) electrons. The third-order valence-electron chi connectivity index (χ3n) is 3.50. The summed E-state index contributed by atoms with van der Waals surface area (Å²) in [6.45, 7) is 3.41. The maximum Gasteiger partial charge on any atom is 0.253 e. The van der Waals surface area contributed by atoms with E-state index in [1.165, 1.54) is 17.5 Å². The van der Waals surface area contributed by atoms with Crippen molar-refractivity contribution < 1.29 is 21.6 Å². The van der Waals surface area contributed by atoms with Crippen molar-refractivity contribution in [3.63, 3.8) is 0 Å². The fourth-order valence-electron chi connectivity index (χ4n) is 2.37. The normalized spacial score (nSPS) is 21.3. The minimum Gasteiger partial charge on any atom is -0.383 e. The Hall–Kier alpha value is -0.560. The molecular formula is C12H21N3O5S3. The molecule has 23 heavy (non-hydrogen) atoms. The summed E-state index contributed by atoms with van der Waals surface area (Å²) in [5, 5.41) is 8.41. The molecule has 1 atom stereocenters. The van der Waals surface area contributed by atoms with E-state index in [-0.39, 0.29) is 34.2 Å². The Labute approximate surface area is 140 Å². The highest BCUT2D eigenvalue weighted by Gasteiger charge is 2.39. The van der Waals surface area contributed by atoms with Gasteiger partial charge in [-0.1, -0.05) is 6.92 Å². The molecule has 11 heteroatoms. The molecule has 0 amide bonds. The quantitative estimate of drug-likeness (QED) is 0.689. The van der Waals surface area contributed by atoms with Crippen molar-refractivity contribution in [3.8, 4) is 0 Å². The number of methoxy groups -OCH3 is 1. The van der Waals surface area contributed by atoms with Gasteiger partial charge in [0.1, 0.15) is 8.42 Å². The van der Waals surface area contributed by atoms with Gasteiger partial charge in [0.2, 0.25) is 10.0 Å². The molecule has 0 unspecified atom stereocenters. The first kappa shape index (κ1) is 18.8. The number of thiophene rings is 1. The van der Waals surface area contributed by atoms with Gasteiger partial charge in [-0.25, -0.2) is 22.0 Å². The van der Waals surface area contributed by atoms with Gasteiger partial charge in [0, 0.05) is 31.8 Å². The van der Waals surface area contributed by atoms with Crippen LogP contribution in [0, 0.1) is 0 Å². The largest absolute Gasteiger partial charge is 0.383 e. The average Bonchev–Trinajstić information content (AvgIpc) is 2.92. The Morgan fingerprint density at radius 1 is 1.52 bits per heavy atom. The summed E-state index contributed by atoms with van der Waals surface area (Å²) in [7, 11) is -6.18. The number of nitrogens with one attached hydrogen (secondary N) is 1. The lowest BCUT2D eigenvalue weighted by molar-refractivity contribution is 0.174. The SMILES string of the molecule is CCCN[C@H]1CN(CCOC)S(=O)(=O)c2sc(S(N)(=O)=O)cc21. The zero-order valence-electron chi connectivity index (χ0n) is 13.0. The van der Waals surface area contributed by atoms with Crippen molar-refractivity contribution in [3.05, 3.63) is 11.6 Å². The molecule has 8 nitrogen and oxygen atoms in total. The summed E-state index contributed by atoms with van der Waals surface area (Å²) in [4.78, 5) is 0. The molecule has 1 aliphatic heterocycles. The zero-order chi connectivity index (χ0) is 17.3. The summed E-state index contributed by atoms with van der Waals surface area (Å²) in [6.07, 6.45) is 0.878. The van der Waals surface area contributed by atoms with Crippen molar-refractivity contribution in [1.82, 2.24) is 9.62 Å². The van der Waals surface area contributed by atoms with Gasteiger partial charge in [0.05, 0.1) is 6.61 Å². The van der Waals surface area contributed by atoms with Crippen LogP contribution in [0.25, 0.3) is 0 Å². The molecule has 3 N–H and O–H groups in total. The van der Waals surface area contributed by atoms with Gasteiger partial charge in [-0.15, -0.1) is 11.3 Å². The number of fused-ring (bicyclic) bond motifs is 1. The van der Waals surface area contributed by atoms with Crippen LogP contribution in [0.15, 0.2) is 14.5 Å². The van der Waals surface area contributed by atoms with Gasteiger partial charge < -0.3 is 10.1 Å². The van der Waals surface area contributed by atoms with E-state index in [0.717, 1.165) is 6.42 Å². The molecule has 0 spiro atoms. The number of hydrogen-bond acceptors (Lipinski definition) is 7. The third kappa shape index (κ3) is 3.92. The third-order valence-corrected chi connectivity index (χ3v) is 8.47. The van der Waals surface area contributed by atoms with E-state index in [0.29, 0.717) is 23.4 Å². The van der Waals surface area contributed by atoms with E-state index >= 15 is 0 Å². The van der Waals surface area contributed by atoms with Crippen LogP contribution in [-0.2, 0) is 24.8 Å². The molecule has 0 saturated heterocycles. The van der Waals surface area contributed by atoms with Gasteiger partial charge in [0.25, 0.3) is 10.0 Å². The molecule has 1 aromatic heterocycles. The number of primary sulfonamides is 1. The van der Waals surface area contributed by atoms with Crippen LogP contribution in [0.5, 0.6) is 0 Å². The van der Waals surface area contributed by atoms with Crippen LogP contribution in [0.3, 0.4) is 0 Å². The maximum absolute atomic E-state index is 12.7. The Balaban J connectivity index is 2.49. The van der Waals surface area contributed by atoms with Crippen LogP contribution < -0.4 is 10.5 Å². The number of nitrogens with zero attached hydrogens (tertiary/aromatic N) is 1. The molecule has 1 aromatic rings. The number of hydrogen-bond donors (Lipinski definition) is 2. The molecule has 0 saturated carbocycles. The summed E-state index contributed by atoms with van der Waals surface area (Å²) >= 11 is 0.700. The lowest BCUT2D eigenvalue weighted by Crippen LogP contribution is -2.44. The van der Waals surface area contributed by atoms with E-state index in [1.807, 2.05) is 6.92 Å². The molecule has 1 aliphatic rings. The Kier molecular flexibility index (Phi) is 5.82. The number of nitrogens with two attached hydrogens (primary N) is 1. The van der Waals surface area contributed by atoms with Crippen molar-refractivity contribution in [2.45, 2.75) is 27.8 Å². The highest BCUT2D eigenvalue weighted by atomic mass is 32.3. The second-order valence-corrected chi connectivity index (χ2v) is 10.2. The Morgan fingerprint density at radius 3 is 2.78 bits per heavy atom. The minimum atomic E-state index is -3.94. The molecule has 132 valence electrons. The average molecular weight is 384 g/mol. The topological polar surface area (TPSA) is 119 Å². The number of rotatable bonds is 7. The molecule has 2 heterocycles. The first-order valence-corrected chi connectivity index (χ1v) is 10.9. The molecule has 0 fully saturated rings. The lowest BCUT2D eigenvalue weighted by atomic mass is 10.1. The second-order valence-electron chi connectivity index (χ2n) is 5.22. The van der Waals surface area contributed by atoms with Crippen LogP contribution in [-0.4, -0.2) is 54.5 Å². The molecule has 0 aromatic carbocycles. The first-order chi connectivity index (χ1) is 10.7. The van der Waals surface area contributed by atoms with Gasteiger partial charge in [-0.3, -0.25) is 0 Å². The van der Waals surface area contributed by atoms with Crippen molar-refractivity contribution in [2.24, 2.45) is 5.14 Å². The second kappa shape index (κ2) is 7.13. The predicted octanol–water partition coefficient (Wildman–Crippen LogP) is 0.0869. The lowest BCUT2D eigenvalue weighted by Gasteiger charge is -2.32. The zero-order valence-corrected chi connectivity index (χ0v) is 15.4. The molecular weight excluding hydrogens is 362 g/mol. The van der Waals surface area contributed by atoms with Gasteiger partial charge in [-0.2, -0.15) is 4.31 Å². The van der Waals surface area contributed by atoms with Gasteiger partial charge in [0.15, 0.2) is 0 Å². The van der Waals surface area contributed by atoms with E-state index in [9.17, 15) is 16.8 Å². The highest BCUT2D eigenvalue weighted by Crippen LogP contribution is 2.39. The van der Waals surface area contributed by atoms with E-state index in [4.69, 9.17) is 9.88 Å². The fraction of sp³-hybridized carbons (Fsp3) is 0.667. The molecule has 2 rings (SSSR count). The van der Waals surface area contributed by atoms with Crippen LogP contribution in [0.1, 0.15) is 24.9 Å².